The minimum Gasteiger partial charge on any atom is -0.475 e. The molecule has 1 N–H and O–H groups in total. The molecule has 1 aromatic carbocycles. The Bertz CT molecular complexity index is 603. The Hall–Kier alpha value is -2.08. The van der Waals surface area contributed by atoms with Crippen LogP contribution < -0.4 is 0 Å². The molecule has 0 unspecified atom stereocenters. The van der Waals surface area contributed by atoms with E-state index >= 15 is 0 Å². The molecule has 0 bridgehead atoms. The van der Waals surface area contributed by atoms with Crippen molar-refractivity contribution < 1.29 is 19.2 Å². The molecule has 6 nitrogen and oxygen atoms in total. The van der Waals surface area contributed by atoms with Gasteiger partial charge in [0.05, 0.1) is 9.95 Å². The largest absolute Gasteiger partial charge is 0.475 e. The first kappa shape index (κ1) is 10.4. The second kappa shape index (κ2) is 3.49. The van der Waals surface area contributed by atoms with E-state index in [0.29, 0.717) is 0 Å². The number of nitro groups is 1. The van der Waals surface area contributed by atoms with Crippen LogP contribution in [0.3, 0.4) is 0 Å². The SMILES string of the molecule is O=C(O)c1cc2cc([N+](=O)[O-])cc(Cl)c2o1. The van der Waals surface area contributed by atoms with Crippen molar-refractivity contribution in [1.29, 1.82) is 0 Å². The van der Waals surface area contributed by atoms with Gasteiger partial charge in [0.15, 0.2) is 5.58 Å². The number of halogens is 1. The van der Waals surface area contributed by atoms with E-state index in [0.717, 1.165) is 6.07 Å². The van der Waals surface area contributed by atoms with E-state index in [1.165, 1.54) is 12.1 Å². The molecule has 0 radical (unpaired) electrons. The molecule has 0 aliphatic heterocycles. The van der Waals surface area contributed by atoms with Gasteiger partial charge in [0.2, 0.25) is 5.76 Å². The Morgan fingerprint density at radius 3 is 2.69 bits per heavy atom. The number of aromatic carboxylic acids is 1. The molecule has 0 fully saturated rings. The van der Waals surface area contributed by atoms with Crippen LogP contribution >= 0.6 is 11.6 Å². The number of carbonyl (C=O) groups is 1. The lowest BCUT2D eigenvalue weighted by atomic mass is 10.2. The summed E-state index contributed by atoms with van der Waals surface area (Å²) < 4.78 is 4.94. The van der Waals surface area contributed by atoms with Crippen molar-refractivity contribution in [2.24, 2.45) is 0 Å². The topological polar surface area (TPSA) is 93.6 Å². The Balaban J connectivity index is 2.72. The van der Waals surface area contributed by atoms with Gasteiger partial charge < -0.3 is 9.52 Å². The first-order valence-corrected chi connectivity index (χ1v) is 4.47. The van der Waals surface area contributed by atoms with Gasteiger partial charge in [-0.2, -0.15) is 0 Å². The molecule has 2 rings (SSSR count). The van der Waals surface area contributed by atoms with Crippen molar-refractivity contribution in [3.05, 3.63) is 39.1 Å². The molecule has 1 aromatic heterocycles. The quantitative estimate of drug-likeness (QED) is 0.644. The molecule has 0 aliphatic rings. The molecular formula is C9H4ClNO5. The number of carboxylic acid groups (broad SMARTS) is 1. The molecule has 0 saturated heterocycles. The van der Waals surface area contributed by atoms with Crippen LogP contribution in [0.25, 0.3) is 11.0 Å². The number of furan rings is 1. The number of hydrogen-bond acceptors (Lipinski definition) is 4. The van der Waals surface area contributed by atoms with Crippen molar-refractivity contribution in [2.45, 2.75) is 0 Å². The van der Waals surface area contributed by atoms with Gasteiger partial charge in [0.1, 0.15) is 0 Å². The third-order valence-corrected chi connectivity index (χ3v) is 2.26. The minimum absolute atomic E-state index is 0.0108. The number of fused-ring (bicyclic) bond motifs is 1. The van der Waals surface area contributed by atoms with Gasteiger partial charge in [-0.25, -0.2) is 4.79 Å². The highest BCUT2D eigenvalue weighted by Crippen LogP contribution is 2.31. The molecule has 1 heterocycles. The smallest absolute Gasteiger partial charge is 0.371 e. The Morgan fingerprint density at radius 2 is 2.12 bits per heavy atom. The molecule has 7 heteroatoms. The van der Waals surface area contributed by atoms with E-state index in [9.17, 15) is 14.9 Å². The van der Waals surface area contributed by atoms with Gasteiger partial charge in [0, 0.05) is 17.5 Å². The minimum atomic E-state index is -1.25. The van der Waals surface area contributed by atoms with Crippen LogP contribution in [0.1, 0.15) is 10.6 Å². The van der Waals surface area contributed by atoms with Crippen LogP contribution in [0, 0.1) is 10.1 Å². The molecular weight excluding hydrogens is 238 g/mol. The lowest BCUT2D eigenvalue weighted by Gasteiger charge is -1.93. The summed E-state index contributed by atoms with van der Waals surface area (Å²) in [6.45, 7) is 0. The molecule has 0 amide bonds. The number of carboxylic acids is 1. The Kier molecular flexibility index (Phi) is 2.28. The molecule has 2 aromatic rings. The van der Waals surface area contributed by atoms with Gasteiger partial charge in [-0.15, -0.1) is 0 Å². The van der Waals surface area contributed by atoms with E-state index in [1.54, 1.807) is 0 Å². The lowest BCUT2D eigenvalue weighted by molar-refractivity contribution is -0.384. The Morgan fingerprint density at radius 1 is 1.44 bits per heavy atom. The maximum absolute atomic E-state index is 10.6. The number of nitro benzene ring substituents is 1. The summed E-state index contributed by atoms with van der Waals surface area (Å²) in [7, 11) is 0. The van der Waals surface area contributed by atoms with Crippen LogP contribution in [-0.4, -0.2) is 16.0 Å². The van der Waals surface area contributed by atoms with Crippen molar-refractivity contribution in [3.63, 3.8) is 0 Å². The summed E-state index contributed by atoms with van der Waals surface area (Å²) >= 11 is 5.73. The third-order valence-electron chi connectivity index (χ3n) is 1.98. The van der Waals surface area contributed by atoms with E-state index < -0.39 is 10.9 Å². The van der Waals surface area contributed by atoms with Gasteiger partial charge in [0.25, 0.3) is 5.69 Å². The summed E-state index contributed by atoms with van der Waals surface area (Å²) in [4.78, 5) is 20.6. The van der Waals surface area contributed by atoms with Crippen LogP contribution in [-0.2, 0) is 0 Å². The standard InChI is InChI=1S/C9H4ClNO5/c10-6-3-5(11(14)15)1-4-2-7(9(12)13)16-8(4)6/h1-3H,(H,12,13). The van der Waals surface area contributed by atoms with Crippen LogP contribution in [0.5, 0.6) is 0 Å². The highest BCUT2D eigenvalue weighted by molar-refractivity contribution is 6.35. The zero-order valence-electron chi connectivity index (χ0n) is 7.64. The monoisotopic (exact) mass is 241 g/mol. The number of nitrogens with zero attached hydrogens (tertiary/aromatic N) is 1. The number of non-ortho nitro benzene ring substituents is 1. The first-order chi connectivity index (χ1) is 7.49. The zero-order valence-corrected chi connectivity index (χ0v) is 8.39. The zero-order chi connectivity index (χ0) is 11.9. The maximum atomic E-state index is 10.6. The van der Waals surface area contributed by atoms with E-state index in [2.05, 4.69) is 0 Å². The van der Waals surface area contributed by atoms with Crippen LogP contribution in [0.15, 0.2) is 22.6 Å². The number of hydrogen-bond donors (Lipinski definition) is 1. The second-order valence-electron chi connectivity index (χ2n) is 3.02. The number of rotatable bonds is 2. The predicted octanol–water partition coefficient (Wildman–Crippen LogP) is 2.69. The summed E-state index contributed by atoms with van der Waals surface area (Å²) in [5, 5.41) is 19.5. The first-order valence-electron chi connectivity index (χ1n) is 4.10. The summed E-state index contributed by atoms with van der Waals surface area (Å²) in [6, 6.07) is 3.51. The van der Waals surface area contributed by atoms with Gasteiger partial charge in [-0.1, -0.05) is 11.6 Å². The molecule has 0 saturated carbocycles. The van der Waals surface area contributed by atoms with Crippen molar-refractivity contribution in [2.75, 3.05) is 0 Å². The summed E-state index contributed by atoms with van der Waals surface area (Å²) in [5.41, 5.74) is -0.0834. The van der Waals surface area contributed by atoms with E-state index in [-0.39, 0.29) is 27.4 Å². The average molecular weight is 242 g/mol. The van der Waals surface area contributed by atoms with Crippen LogP contribution in [0.4, 0.5) is 5.69 Å². The molecule has 0 aliphatic carbocycles. The van der Waals surface area contributed by atoms with Crippen molar-refractivity contribution >= 4 is 34.2 Å². The molecule has 0 atom stereocenters. The van der Waals surface area contributed by atoms with Crippen molar-refractivity contribution in [3.8, 4) is 0 Å². The second-order valence-corrected chi connectivity index (χ2v) is 3.43. The Labute approximate surface area is 93.2 Å². The fraction of sp³-hybridized carbons (Fsp3) is 0. The summed E-state index contributed by atoms with van der Waals surface area (Å²) in [6.07, 6.45) is 0. The predicted molar refractivity (Wildman–Crippen MR) is 54.8 cm³/mol. The number of benzene rings is 1. The maximum Gasteiger partial charge on any atom is 0.371 e. The fourth-order valence-corrected chi connectivity index (χ4v) is 1.57. The average Bonchev–Trinajstić information content (AvgIpc) is 2.61. The third kappa shape index (κ3) is 1.59. The van der Waals surface area contributed by atoms with E-state index in [1.807, 2.05) is 0 Å². The highest BCUT2D eigenvalue weighted by Gasteiger charge is 2.17. The van der Waals surface area contributed by atoms with Gasteiger partial charge in [-0.3, -0.25) is 10.1 Å². The molecule has 82 valence electrons. The van der Waals surface area contributed by atoms with Gasteiger partial charge in [-0.05, 0) is 6.07 Å². The molecule has 0 spiro atoms. The fourth-order valence-electron chi connectivity index (χ4n) is 1.31. The highest BCUT2D eigenvalue weighted by atomic mass is 35.5. The summed E-state index contributed by atoms with van der Waals surface area (Å²) in [5.74, 6) is -1.56. The van der Waals surface area contributed by atoms with Crippen molar-refractivity contribution in [1.82, 2.24) is 0 Å². The normalized spacial score (nSPS) is 10.6. The lowest BCUT2D eigenvalue weighted by Crippen LogP contribution is -1.91. The van der Waals surface area contributed by atoms with E-state index in [4.69, 9.17) is 21.1 Å². The molecule has 16 heavy (non-hydrogen) atoms. The van der Waals surface area contributed by atoms with Crippen LogP contribution in [0.2, 0.25) is 5.02 Å². The van der Waals surface area contributed by atoms with Gasteiger partial charge >= 0.3 is 5.97 Å².